The lowest BCUT2D eigenvalue weighted by atomic mass is 9.65. The van der Waals surface area contributed by atoms with E-state index in [1.54, 1.807) is 4.57 Å². The van der Waals surface area contributed by atoms with Gasteiger partial charge < -0.3 is 15.1 Å². The van der Waals surface area contributed by atoms with Crippen molar-refractivity contribution in [3.05, 3.63) is 34.7 Å². The predicted molar refractivity (Wildman–Crippen MR) is 127 cm³/mol. The molecule has 2 aromatic rings. The van der Waals surface area contributed by atoms with Crippen LogP contribution in [-0.4, -0.2) is 56.6 Å². The molecule has 6 heteroatoms. The normalized spacial score (nSPS) is 25.6. The molecule has 2 saturated carbocycles. The number of piperidine rings is 1. The maximum absolute atomic E-state index is 13.3. The predicted octanol–water partition coefficient (Wildman–Crippen LogP) is 3.54. The molecule has 2 aliphatic carbocycles. The molecular formula is C26H39N3O3. The minimum absolute atomic E-state index is 0.0608. The minimum atomic E-state index is -0.924. The van der Waals surface area contributed by atoms with Crippen LogP contribution in [0.2, 0.25) is 0 Å². The van der Waals surface area contributed by atoms with Crippen LogP contribution < -0.4 is 5.69 Å². The second-order valence-electron chi connectivity index (χ2n) is 10.6. The minimum Gasteiger partial charge on any atom is -0.394 e. The number of likely N-dealkylation sites (tertiary alicyclic amines) is 1. The van der Waals surface area contributed by atoms with Gasteiger partial charge >= 0.3 is 5.69 Å². The van der Waals surface area contributed by atoms with E-state index in [0.29, 0.717) is 5.41 Å². The second kappa shape index (κ2) is 9.32. The Balaban J connectivity index is 1.30. The Hall–Kier alpha value is -1.63. The molecule has 1 aromatic heterocycles. The molecule has 1 saturated heterocycles. The van der Waals surface area contributed by atoms with E-state index >= 15 is 0 Å². The van der Waals surface area contributed by atoms with Crippen LogP contribution in [0.3, 0.4) is 0 Å². The van der Waals surface area contributed by atoms with E-state index in [0.717, 1.165) is 42.9 Å². The number of aliphatic hydroxyl groups excluding tert-OH is 2. The lowest BCUT2D eigenvalue weighted by Crippen LogP contribution is -2.44. The highest BCUT2D eigenvalue weighted by atomic mass is 16.3. The fraction of sp³-hybridized carbons (Fsp3) is 0.731. The SMILES string of the molecule is O=c1n(C[C@@H](O)CO)c2ccccc2n1C1CCN(C[C@H]2CCCCC23CCCC3)CC1. The van der Waals surface area contributed by atoms with Crippen molar-refractivity contribution in [2.75, 3.05) is 26.2 Å². The number of aromatic nitrogens is 2. The molecule has 1 spiro atoms. The molecule has 0 bridgehead atoms. The Morgan fingerprint density at radius 2 is 1.62 bits per heavy atom. The third-order valence-electron chi connectivity index (χ3n) is 8.82. The van der Waals surface area contributed by atoms with Gasteiger partial charge in [0.05, 0.1) is 30.3 Å². The third kappa shape index (κ3) is 4.06. The number of benzene rings is 1. The Morgan fingerprint density at radius 1 is 0.969 bits per heavy atom. The average Bonchev–Trinajstić information content (AvgIpc) is 3.39. The van der Waals surface area contributed by atoms with Crippen molar-refractivity contribution < 1.29 is 10.2 Å². The summed E-state index contributed by atoms with van der Waals surface area (Å²) >= 11 is 0. The summed E-state index contributed by atoms with van der Waals surface area (Å²) in [5, 5.41) is 19.2. The first-order valence-electron chi connectivity index (χ1n) is 12.8. The van der Waals surface area contributed by atoms with E-state index in [1.807, 2.05) is 28.8 Å². The zero-order valence-electron chi connectivity index (χ0n) is 19.3. The van der Waals surface area contributed by atoms with E-state index in [9.17, 15) is 15.0 Å². The number of hydrogen-bond donors (Lipinski definition) is 2. The van der Waals surface area contributed by atoms with Crippen LogP contribution in [0, 0.1) is 11.3 Å². The molecule has 176 valence electrons. The molecule has 2 N–H and O–H groups in total. The maximum Gasteiger partial charge on any atom is 0.329 e. The summed E-state index contributed by atoms with van der Waals surface area (Å²) in [6.07, 6.45) is 12.5. The van der Waals surface area contributed by atoms with Crippen molar-refractivity contribution in [3.8, 4) is 0 Å². The van der Waals surface area contributed by atoms with Gasteiger partial charge in [0.2, 0.25) is 0 Å². The molecule has 0 radical (unpaired) electrons. The van der Waals surface area contributed by atoms with Gasteiger partial charge in [-0.05, 0) is 62.0 Å². The average molecular weight is 442 g/mol. The van der Waals surface area contributed by atoms with Gasteiger partial charge in [0.15, 0.2) is 0 Å². The number of rotatable bonds is 6. The number of imidazole rings is 1. The Labute approximate surface area is 190 Å². The van der Waals surface area contributed by atoms with Gasteiger partial charge in [-0.1, -0.05) is 37.8 Å². The summed E-state index contributed by atoms with van der Waals surface area (Å²) < 4.78 is 3.59. The van der Waals surface area contributed by atoms with Crippen LogP contribution in [0.5, 0.6) is 0 Å². The van der Waals surface area contributed by atoms with Gasteiger partial charge in [0.25, 0.3) is 0 Å². The van der Waals surface area contributed by atoms with E-state index in [2.05, 4.69) is 4.90 Å². The molecule has 1 aromatic carbocycles. The lowest BCUT2D eigenvalue weighted by molar-refractivity contribution is 0.0513. The first-order valence-corrected chi connectivity index (χ1v) is 12.8. The Kier molecular flexibility index (Phi) is 6.46. The summed E-state index contributed by atoms with van der Waals surface area (Å²) in [5.41, 5.74) is 2.36. The van der Waals surface area contributed by atoms with Crippen molar-refractivity contribution in [1.82, 2.24) is 14.0 Å². The Bertz CT molecular complexity index is 966. The van der Waals surface area contributed by atoms with Gasteiger partial charge in [-0.15, -0.1) is 0 Å². The van der Waals surface area contributed by atoms with Crippen LogP contribution >= 0.6 is 0 Å². The van der Waals surface area contributed by atoms with Gasteiger partial charge in [0, 0.05) is 25.7 Å². The van der Waals surface area contributed by atoms with Gasteiger partial charge in [-0.2, -0.15) is 0 Å². The summed E-state index contributed by atoms with van der Waals surface area (Å²) in [6.45, 7) is 3.15. The first-order chi connectivity index (χ1) is 15.6. The van der Waals surface area contributed by atoms with Crippen molar-refractivity contribution in [2.45, 2.75) is 82.9 Å². The van der Waals surface area contributed by atoms with Crippen LogP contribution in [0.25, 0.3) is 11.0 Å². The van der Waals surface area contributed by atoms with E-state index < -0.39 is 6.10 Å². The molecule has 5 rings (SSSR count). The third-order valence-corrected chi connectivity index (χ3v) is 8.82. The smallest absolute Gasteiger partial charge is 0.329 e. The molecule has 0 amide bonds. The zero-order valence-corrected chi connectivity index (χ0v) is 19.3. The Morgan fingerprint density at radius 3 is 2.31 bits per heavy atom. The summed E-state index contributed by atoms with van der Waals surface area (Å²) in [6, 6.07) is 8.06. The maximum atomic E-state index is 13.3. The molecule has 3 aliphatic rings. The van der Waals surface area contributed by atoms with Crippen molar-refractivity contribution >= 4 is 11.0 Å². The van der Waals surface area contributed by atoms with Crippen LogP contribution in [0.15, 0.2) is 29.1 Å². The molecule has 6 nitrogen and oxygen atoms in total. The standard InChI is InChI=1S/C26H39N3O3/c30-19-22(31)18-28-23-8-1-2-9-24(23)29(25(28)32)21-10-15-27(16-11-21)17-20-7-3-4-12-26(20)13-5-6-14-26/h1-2,8-9,20-22,30-31H,3-7,10-19H2/t20-,22-/m1/s1. The molecule has 1 aliphatic heterocycles. The topological polar surface area (TPSA) is 70.6 Å². The molecule has 0 unspecified atom stereocenters. The van der Waals surface area contributed by atoms with E-state index in [1.165, 1.54) is 57.9 Å². The van der Waals surface area contributed by atoms with Gasteiger partial charge in [-0.25, -0.2) is 4.79 Å². The highest BCUT2D eigenvalue weighted by Gasteiger charge is 2.43. The monoisotopic (exact) mass is 441 g/mol. The van der Waals surface area contributed by atoms with Crippen LogP contribution in [0.1, 0.15) is 70.3 Å². The van der Waals surface area contributed by atoms with Crippen LogP contribution in [-0.2, 0) is 6.54 Å². The van der Waals surface area contributed by atoms with Crippen LogP contribution in [0.4, 0.5) is 0 Å². The molecule has 2 heterocycles. The van der Waals surface area contributed by atoms with Crippen molar-refractivity contribution in [1.29, 1.82) is 0 Å². The van der Waals surface area contributed by atoms with Crippen molar-refractivity contribution in [3.63, 3.8) is 0 Å². The van der Waals surface area contributed by atoms with Gasteiger partial charge in [-0.3, -0.25) is 9.13 Å². The number of nitrogens with zero attached hydrogens (tertiary/aromatic N) is 3. The number of fused-ring (bicyclic) bond motifs is 1. The molecule has 3 fully saturated rings. The quantitative estimate of drug-likeness (QED) is 0.719. The summed E-state index contributed by atoms with van der Waals surface area (Å²) in [5.74, 6) is 0.861. The number of para-hydroxylation sites is 2. The molecule has 2 atom stereocenters. The number of hydrogen-bond acceptors (Lipinski definition) is 4. The first kappa shape index (κ1) is 22.2. The second-order valence-corrected chi connectivity index (χ2v) is 10.6. The molecule has 32 heavy (non-hydrogen) atoms. The van der Waals surface area contributed by atoms with E-state index in [4.69, 9.17) is 0 Å². The van der Waals surface area contributed by atoms with E-state index in [-0.39, 0.29) is 24.9 Å². The molecular weight excluding hydrogens is 402 g/mol. The van der Waals surface area contributed by atoms with Crippen molar-refractivity contribution in [2.24, 2.45) is 11.3 Å². The lowest BCUT2D eigenvalue weighted by Gasteiger charge is -2.45. The largest absolute Gasteiger partial charge is 0.394 e. The number of aliphatic hydroxyl groups is 2. The highest BCUT2D eigenvalue weighted by Crippen LogP contribution is 2.52. The fourth-order valence-electron chi connectivity index (χ4n) is 7.10. The highest BCUT2D eigenvalue weighted by molar-refractivity contribution is 5.76. The fourth-order valence-corrected chi connectivity index (χ4v) is 7.10. The summed E-state index contributed by atoms with van der Waals surface area (Å²) in [7, 11) is 0. The zero-order chi connectivity index (χ0) is 22.1. The summed E-state index contributed by atoms with van der Waals surface area (Å²) in [4.78, 5) is 16.0. The van der Waals surface area contributed by atoms with Gasteiger partial charge in [0.1, 0.15) is 0 Å².